The lowest BCUT2D eigenvalue weighted by atomic mass is 9.75. The first kappa shape index (κ1) is 12.5. The summed E-state index contributed by atoms with van der Waals surface area (Å²) in [6.07, 6.45) is 0. The SMILES string of the molecule is COc1cc(C)ccc1B1OCC(C)(C)CO1. The van der Waals surface area contributed by atoms with Gasteiger partial charge in [0, 0.05) is 24.1 Å². The third kappa shape index (κ3) is 2.82. The van der Waals surface area contributed by atoms with Crippen molar-refractivity contribution in [2.45, 2.75) is 20.8 Å². The molecule has 4 heteroatoms. The minimum Gasteiger partial charge on any atom is -0.497 e. The molecule has 0 saturated carbocycles. The van der Waals surface area contributed by atoms with E-state index in [0.29, 0.717) is 13.2 Å². The Bertz CT molecular complexity index is 394. The van der Waals surface area contributed by atoms with Gasteiger partial charge >= 0.3 is 7.12 Å². The van der Waals surface area contributed by atoms with E-state index in [0.717, 1.165) is 11.2 Å². The van der Waals surface area contributed by atoms with Gasteiger partial charge in [-0.15, -0.1) is 0 Å². The van der Waals surface area contributed by atoms with Gasteiger partial charge in [0.05, 0.1) is 7.11 Å². The summed E-state index contributed by atoms with van der Waals surface area (Å²) < 4.78 is 16.9. The Morgan fingerprint density at radius 1 is 1.24 bits per heavy atom. The van der Waals surface area contributed by atoms with Gasteiger partial charge in [0.15, 0.2) is 0 Å². The number of ether oxygens (including phenoxy) is 1. The predicted octanol–water partition coefficient (Wildman–Crippen LogP) is 1.77. The van der Waals surface area contributed by atoms with Crippen LogP contribution in [0.15, 0.2) is 18.2 Å². The van der Waals surface area contributed by atoms with Crippen LogP contribution in [0.5, 0.6) is 5.75 Å². The fourth-order valence-electron chi connectivity index (χ4n) is 1.88. The fourth-order valence-corrected chi connectivity index (χ4v) is 1.88. The molecule has 0 amide bonds. The maximum absolute atomic E-state index is 5.76. The summed E-state index contributed by atoms with van der Waals surface area (Å²) in [7, 11) is 1.36. The summed E-state index contributed by atoms with van der Waals surface area (Å²) in [5, 5.41) is 0. The zero-order chi connectivity index (χ0) is 12.5. The molecule has 1 aromatic rings. The van der Waals surface area contributed by atoms with Crippen LogP contribution < -0.4 is 10.2 Å². The van der Waals surface area contributed by atoms with Crippen LogP contribution in [0.25, 0.3) is 0 Å². The van der Waals surface area contributed by atoms with E-state index in [1.807, 2.05) is 25.1 Å². The minimum atomic E-state index is -0.307. The summed E-state index contributed by atoms with van der Waals surface area (Å²) in [6, 6.07) is 6.06. The van der Waals surface area contributed by atoms with Crippen molar-refractivity contribution >= 4 is 12.6 Å². The molecule has 1 saturated heterocycles. The van der Waals surface area contributed by atoms with Crippen LogP contribution in [0.2, 0.25) is 0 Å². The molecule has 0 spiro atoms. The lowest BCUT2D eigenvalue weighted by Gasteiger charge is -2.33. The highest BCUT2D eigenvalue weighted by Crippen LogP contribution is 2.23. The highest BCUT2D eigenvalue weighted by Gasteiger charge is 2.35. The summed E-state index contributed by atoms with van der Waals surface area (Å²) >= 11 is 0. The summed E-state index contributed by atoms with van der Waals surface area (Å²) in [6.45, 7) is 7.71. The molecule has 2 rings (SSSR count). The Balaban J connectivity index is 2.18. The van der Waals surface area contributed by atoms with Gasteiger partial charge < -0.3 is 14.0 Å². The minimum absolute atomic E-state index is 0.0917. The Hall–Kier alpha value is -0.995. The normalized spacial score (nSPS) is 19.2. The van der Waals surface area contributed by atoms with E-state index in [2.05, 4.69) is 13.8 Å². The van der Waals surface area contributed by atoms with E-state index in [4.69, 9.17) is 14.0 Å². The lowest BCUT2D eigenvalue weighted by Crippen LogP contribution is -2.47. The molecular weight excluding hydrogens is 215 g/mol. The average molecular weight is 234 g/mol. The van der Waals surface area contributed by atoms with Gasteiger partial charge in [0.1, 0.15) is 5.75 Å². The Morgan fingerprint density at radius 2 is 1.88 bits per heavy atom. The van der Waals surface area contributed by atoms with Gasteiger partial charge in [-0.05, 0) is 18.6 Å². The summed E-state index contributed by atoms with van der Waals surface area (Å²) in [5.41, 5.74) is 2.23. The van der Waals surface area contributed by atoms with Crippen LogP contribution >= 0.6 is 0 Å². The molecule has 0 atom stereocenters. The molecule has 0 unspecified atom stereocenters. The smallest absolute Gasteiger partial charge is 0.497 e. The number of benzene rings is 1. The molecule has 0 aromatic heterocycles. The highest BCUT2D eigenvalue weighted by atomic mass is 16.6. The zero-order valence-electron chi connectivity index (χ0n) is 10.9. The number of hydrogen-bond acceptors (Lipinski definition) is 3. The lowest BCUT2D eigenvalue weighted by molar-refractivity contribution is 0.0341. The van der Waals surface area contributed by atoms with Crippen LogP contribution in [-0.2, 0) is 9.31 Å². The van der Waals surface area contributed by atoms with Gasteiger partial charge in [-0.2, -0.15) is 0 Å². The zero-order valence-corrected chi connectivity index (χ0v) is 10.9. The molecule has 0 N–H and O–H groups in total. The van der Waals surface area contributed by atoms with Crippen molar-refractivity contribution in [3.05, 3.63) is 23.8 Å². The second kappa shape index (κ2) is 4.71. The van der Waals surface area contributed by atoms with Crippen LogP contribution in [-0.4, -0.2) is 27.4 Å². The number of aryl methyl sites for hydroxylation is 1. The van der Waals surface area contributed by atoms with E-state index >= 15 is 0 Å². The molecular formula is C13H19BO3. The third-order valence-corrected chi connectivity index (χ3v) is 2.89. The van der Waals surface area contributed by atoms with Crippen molar-refractivity contribution in [1.29, 1.82) is 0 Å². The van der Waals surface area contributed by atoms with Gasteiger partial charge in [-0.25, -0.2) is 0 Å². The van der Waals surface area contributed by atoms with Crippen molar-refractivity contribution in [1.82, 2.24) is 0 Å². The summed E-state index contributed by atoms with van der Waals surface area (Å²) in [5.74, 6) is 0.828. The maximum atomic E-state index is 5.76. The molecule has 0 bridgehead atoms. The molecule has 3 nitrogen and oxygen atoms in total. The molecule has 17 heavy (non-hydrogen) atoms. The molecule has 1 fully saturated rings. The van der Waals surface area contributed by atoms with Gasteiger partial charge in [0.2, 0.25) is 0 Å². The monoisotopic (exact) mass is 234 g/mol. The van der Waals surface area contributed by atoms with Crippen LogP contribution in [0.1, 0.15) is 19.4 Å². The van der Waals surface area contributed by atoms with Crippen molar-refractivity contribution < 1.29 is 14.0 Å². The van der Waals surface area contributed by atoms with Crippen molar-refractivity contribution in [2.75, 3.05) is 20.3 Å². The number of methoxy groups -OCH3 is 1. The first-order valence-electron chi connectivity index (χ1n) is 5.89. The molecule has 0 radical (unpaired) electrons. The average Bonchev–Trinajstić information content (AvgIpc) is 2.29. The van der Waals surface area contributed by atoms with Crippen LogP contribution in [0, 0.1) is 12.3 Å². The summed E-state index contributed by atoms with van der Waals surface area (Å²) in [4.78, 5) is 0. The largest absolute Gasteiger partial charge is 0.497 e. The van der Waals surface area contributed by atoms with Gasteiger partial charge in [0.25, 0.3) is 0 Å². The quantitative estimate of drug-likeness (QED) is 0.730. The highest BCUT2D eigenvalue weighted by molar-refractivity contribution is 6.62. The molecule has 1 aromatic carbocycles. The molecule has 92 valence electrons. The van der Waals surface area contributed by atoms with E-state index < -0.39 is 0 Å². The van der Waals surface area contributed by atoms with Gasteiger partial charge in [-0.3, -0.25) is 0 Å². The molecule has 1 aliphatic heterocycles. The molecule has 0 aliphatic carbocycles. The van der Waals surface area contributed by atoms with E-state index in [9.17, 15) is 0 Å². The second-order valence-corrected chi connectivity index (χ2v) is 5.36. The topological polar surface area (TPSA) is 27.7 Å². The number of rotatable bonds is 2. The second-order valence-electron chi connectivity index (χ2n) is 5.36. The Kier molecular flexibility index (Phi) is 3.45. The standard InChI is InChI=1S/C13H19BO3/c1-10-5-6-11(12(7-10)15-4)14-16-8-13(2,3)9-17-14/h5-7H,8-9H2,1-4H3. The van der Waals surface area contributed by atoms with E-state index in [1.54, 1.807) is 7.11 Å². The van der Waals surface area contributed by atoms with E-state index in [-0.39, 0.29) is 12.5 Å². The van der Waals surface area contributed by atoms with Crippen LogP contribution in [0.4, 0.5) is 0 Å². The predicted molar refractivity (Wildman–Crippen MR) is 68.8 cm³/mol. The molecule has 1 aliphatic rings. The molecule has 1 heterocycles. The first-order valence-corrected chi connectivity index (χ1v) is 5.89. The number of hydrogen-bond donors (Lipinski definition) is 0. The fraction of sp³-hybridized carbons (Fsp3) is 0.538. The third-order valence-electron chi connectivity index (χ3n) is 2.89. The van der Waals surface area contributed by atoms with Crippen LogP contribution in [0.3, 0.4) is 0 Å². The Morgan fingerprint density at radius 3 is 2.47 bits per heavy atom. The van der Waals surface area contributed by atoms with Crippen molar-refractivity contribution in [3.63, 3.8) is 0 Å². The van der Waals surface area contributed by atoms with E-state index in [1.165, 1.54) is 5.56 Å². The maximum Gasteiger partial charge on any atom is 0.497 e. The first-order chi connectivity index (χ1) is 8.02. The van der Waals surface area contributed by atoms with Gasteiger partial charge in [-0.1, -0.05) is 26.0 Å². The van der Waals surface area contributed by atoms with Crippen molar-refractivity contribution in [3.8, 4) is 5.75 Å². The Labute approximate surface area is 103 Å². The van der Waals surface area contributed by atoms with Crippen molar-refractivity contribution in [2.24, 2.45) is 5.41 Å².